The fourth-order valence-corrected chi connectivity index (χ4v) is 5.99. The molecule has 0 spiro atoms. The summed E-state index contributed by atoms with van der Waals surface area (Å²) in [6.45, 7) is 2.43. The summed E-state index contributed by atoms with van der Waals surface area (Å²) in [4.78, 5) is 0. The molecule has 114 valence electrons. The van der Waals surface area contributed by atoms with Gasteiger partial charge in [-0.05, 0) is 39.7 Å². The van der Waals surface area contributed by atoms with E-state index in [4.69, 9.17) is 23.2 Å². The van der Waals surface area contributed by atoms with Gasteiger partial charge in [-0.3, -0.25) is 0 Å². The van der Waals surface area contributed by atoms with Crippen molar-refractivity contribution >= 4 is 60.5 Å². The van der Waals surface area contributed by atoms with Crippen molar-refractivity contribution in [2.75, 3.05) is 6.54 Å². The molecule has 0 aliphatic carbocycles. The Kier molecular flexibility index (Phi) is 5.73. The quantitative estimate of drug-likeness (QED) is 0.669. The zero-order valence-corrected chi connectivity index (χ0v) is 15.7. The van der Waals surface area contributed by atoms with E-state index < -0.39 is 10.0 Å². The first kappa shape index (κ1) is 17.2. The van der Waals surface area contributed by atoms with E-state index in [0.29, 0.717) is 20.4 Å². The van der Waals surface area contributed by atoms with Gasteiger partial charge in [0.15, 0.2) is 0 Å². The first-order valence-corrected chi connectivity index (χ1v) is 9.84. The van der Waals surface area contributed by atoms with Gasteiger partial charge in [0.1, 0.15) is 4.21 Å². The van der Waals surface area contributed by atoms with Crippen LogP contribution in [0.2, 0.25) is 10.0 Å². The van der Waals surface area contributed by atoms with Crippen molar-refractivity contribution in [3.8, 4) is 0 Å². The van der Waals surface area contributed by atoms with Gasteiger partial charge in [-0.2, -0.15) is 4.31 Å². The molecule has 0 saturated carbocycles. The number of hydrogen-bond donors (Lipinski definition) is 0. The lowest BCUT2D eigenvalue weighted by molar-refractivity contribution is 0.425. The molecule has 0 bridgehead atoms. The van der Waals surface area contributed by atoms with Crippen molar-refractivity contribution in [1.82, 2.24) is 4.31 Å². The minimum absolute atomic E-state index is 0.225. The predicted octanol–water partition coefficient (Wildman–Crippen LogP) is 5.03. The Balaban J connectivity index is 2.31. The van der Waals surface area contributed by atoms with Crippen molar-refractivity contribution in [3.63, 3.8) is 0 Å². The summed E-state index contributed by atoms with van der Waals surface area (Å²) in [5, 5.41) is 0.986. The van der Waals surface area contributed by atoms with Crippen LogP contribution in [0.1, 0.15) is 12.5 Å². The Labute approximate surface area is 146 Å². The zero-order valence-electron chi connectivity index (χ0n) is 11.0. The SMILES string of the molecule is CCN(Cc1cccc(Cl)c1)S(=O)(=O)c1cc(Cl)c(Br)s1. The molecule has 1 aromatic carbocycles. The second kappa shape index (κ2) is 6.98. The highest BCUT2D eigenvalue weighted by Gasteiger charge is 2.26. The topological polar surface area (TPSA) is 37.4 Å². The average molecular weight is 429 g/mol. The summed E-state index contributed by atoms with van der Waals surface area (Å²) in [5.41, 5.74) is 0.842. The number of thiophene rings is 1. The molecule has 0 radical (unpaired) electrons. The number of rotatable bonds is 5. The van der Waals surface area contributed by atoms with Crippen molar-refractivity contribution in [1.29, 1.82) is 0 Å². The van der Waals surface area contributed by atoms with Crippen LogP contribution in [0.15, 0.2) is 38.3 Å². The maximum atomic E-state index is 12.6. The van der Waals surface area contributed by atoms with Gasteiger partial charge in [-0.1, -0.05) is 42.3 Å². The molecule has 8 heteroatoms. The van der Waals surface area contributed by atoms with Crippen molar-refractivity contribution in [2.24, 2.45) is 0 Å². The molecular weight excluding hydrogens is 417 g/mol. The van der Waals surface area contributed by atoms with Gasteiger partial charge in [0.05, 0.1) is 8.81 Å². The van der Waals surface area contributed by atoms with E-state index in [1.54, 1.807) is 25.1 Å². The summed E-state index contributed by atoms with van der Waals surface area (Å²) in [6, 6.07) is 8.63. The van der Waals surface area contributed by atoms with Crippen molar-refractivity contribution in [2.45, 2.75) is 17.7 Å². The minimum atomic E-state index is -3.57. The van der Waals surface area contributed by atoms with E-state index in [0.717, 1.165) is 16.9 Å². The number of nitrogens with zero attached hydrogens (tertiary/aromatic N) is 1. The van der Waals surface area contributed by atoms with E-state index in [2.05, 4.69) is 15.9 Å². The summed E-state index contributed by atoms with van der Waals surface area (Å²) in [7, 11) is -3.57. The summed E-state index contributed by atoms with van der Waals surface area (Å²) in [5.74, 6) is 0. The highest BCUT2D eigenvalue weighted by Crippen LogP contribution is 2.36. The second-order valence-corrected chi connectivity index (χ2v) is 9.63. The molecule has 21 heavy (non-hydrogen) atoms. The lowest BCUT2D eigenvalue weighted by atomic mass is 10.2. The zero-order chi connectivity index (χ0) is 15.6. The third-order valence-corrected chi connectivity index (χ3v) is 7.90. The van der Waals surface area contributed by atoms with Crippen LogP contribution in [-0.4, -0.2) is 19.3 Å². The molecule has 0 saturated heterocycles. The number of sulfonamides is 1. The van der Waals surface area contributed by atoms with Gasteiger partial charge < -0.3 is 0 Å². The van der Waals surface area contributed by atoms with E-state index >= 15 is 0 Å². The van der Waals surface area contributed by atoms with Crippen molar-refractivity contribution in [3.05, 3.63) is 49.7 Å². The largest absolute Gasteiger partial charge is 0.252 e. The summed E-state index contributed by atoms with van der Waals surface area (Å²) in [6.07, 6.45) is 0. The molecule has 0 atom stereocenters. The second-order valence-electron chi connectivity index (χ2n) is 4.25. The first-order valence-electron chi connectivity index (χ1n) is 6.04. The number of benzene rings is 1. The molecule has 0 amide bonds. The molecule has 1 heterocycles. The molecule has 0 N–H and O–H groups in total. The third kappa shape index (κ3) is 4.00. The molecule has 0 aliphatic heterocycles. The normalized spacial score (nSPS) is 12.0. The Bertz CT molecular complexity index is 727. The predicted molar refractivity (Wildman–Crippen MR) is 91.8 cm³/mol. The Hall–Kier alpha value is -0.110. The van der Waals surface area contributed by atoms with Gasteiger partial charge >= 0.3 is 0 Å². The van der Waals surface area contributed by atoms with Gasteiger partial charge in [-0.15, -0.1) is 11.3 Å². The Morgan fingerprint density at radius 3 is 2.52 bits per heavy atom. The lowest BCUT2D eigenvalue weighted by Crippen LogP contribution is -2.29. The van der Waals surface area contributed by atoms with Crippen LogP contribution < -0.4 is 0 Å². The summed E-state index contributed by atoms with van der Waals surface area (Å²) < 4.78 is 27.5. The van der Waals surface area contributed by atoms with Crippen LogP contribution in [0, 0.1) is 0 Å². The number of hydrogen-bond acceptors (Lipinski definition) is 3. The smallest absolute Gasteiger partial charge is 0.206 e. The van der Waals surface area contributed by atoms with Crippen LogP contribution in [0.5, 0.6) is 0 Å². The van der Waals surface area contributed by atoms with E-state index in [-0.39, 0.29) is 10.8 Å². The number of halogens is 3. The molecule has 1 aromatic heterocycles. The molecule has 0 fully saturated rings. The lowest BCUT2D eigenvalue weighted by Gasteiger charge is -2.19. The average Bonchev–Trinajstić information content (AvgIpc) is 2.76. The fraction of sp³-hybridized carbons (Fsp3) is 0.231. The highest BCUT2D eigenvalue weighted by atomic mass is 79.9. The summed E-state index contributed by atoms with van der Waals surface area (Å²) >= 11 is 16.2. The van der Waals surface area contributed by atoms with Gasteiger partial charge in [0.25, 0.3) is 10.0 Å². The van der Waals surface area contributed by atoms with E-state index in [9.17, 15) is 8.42 Å². The monoisotopic (exact) mass is 427 g/mol. The van der Waals surface area contributed by atoms with E-state index in [1.165, 1.54) is 10.4 Å². The Morgan fingerprint density at radius 2 is 2.00 bits per heavy atom. The molecule has 2 aromatic rings. The van der Waals surface area contributed by atoms with Gasteiger partial charge in [0.2, 0.25) is 0 Å². The maximum absolute atomic E-state index is 12.6. The highest BCUT2D eigenvalue weighted by molar-refractivity contribution is 9.11. The molecule has 0 unspecified atom stereocenters. The molecule has 3 nitrogen and oxygen atoms in total. The Morgan fingerprint density at radius 1 is 1.29 bits per heavy atom. The van der Waals surface area contributed by atoms with Crippen LogP contribution >= 0.6 is 50.5 Å². The van der Waals surface area contributed by atoms with Crippen molar-refractivity contribution < 1.29 is 8.42 Å². The molecular formula is C13H12BrCl2NO2S2. The first-order chi connectivity index (χ1) is 9.84. The van der Waals surface area contributed by atoms with Crippen LogP contribution in [0.25, 0.3) is 0 Å². The van der Waals surface area contributed by atoms with E-state index in [1.807, 2.05) is 6.07 Å². The minimum Gasteiger partial charge on any atom is -0.206 e. The van der Waals surface area contributed by atoms with Crippen LogP contribution in [0.4, 0.5) is 0 Å². The molecule has 0 aliphatic rings. The molecule has 2 rings (SSSR count). The standard InChI is InChI=1S/C13H12BrCl2NO2S2/c1-2-17(8-9-4-3-5-10(15)6-9)21(18,19)12-7-11(16)13(14)20-12/h3-7H,2,8H2,1H3. The van der Waals surface area contributed by atoms with Gasteiger partial charge in [-0.25, -0.2) is 8.42 Å². The van der Waals surface area contributed by atoms with Crippen LogP contribution in [-0.2, 0) is 16.6 Å². The fourth-order valence-electron chi connectivity index (χ4n) is 1.79. The van der Waals surface area contributed by atoms with Gasteiger partial charge in [0, 0.05) is 18.1 Å². The van der Waals surface area contributed by atoms with Crippen LogP contribution in [0.3, 0.4) is 0 Å². The third-order valence-electron chi connectivity index (χ3n) is 2.82. The maximum Gasteiger partial charge on any atom is 0.252 e.